The average Bonchev–Trinajstić information content (AvgIpc) is 3.03. The molecular weight excluding hydrogens is 403 g/mol. The number of rotatable bonds is 7. The lowest BCUT2D eigenvalue weighted by molar-refractivity contribution is -0.113. The zero-order valence-electron chi connectivity index (χ0n) is 15.3. The lowest BCUT2D eigenvalue weighted by Crippen LogP contribution is -2.15. The fourth-order valence-corrected chi connectivity index (χ4v) is 3.18. The summed E-state index contributed by atoms with van der Waals surface area (Å²) in [6.07, 6.45) is 0. The Labute approximate surface area is 171 Å². The second-order valence-corrected chi connectivity index (χ2v) is 7.32. The summed E-state index contributed by atoms with van der Waals surface area (Å²) in [5.41, 5.74) is 1.08. The average molecular weight is 421 g/mol. The Hall–Kier alpha value is -2.58. The Morgan fingerprint density at radius 3 is 2.82 bits per heavy atom. The normalized spacial score (nSPS) is 10.7. The number of halogens is 2. The van der Waals surface area contributed by atoms with Crippen LogP contribution in [0.4, 0.5) is 10.1 Å². The zero-order valence-corrected chi connectivity index (χ0v) is 16.9. The maximum atomic E-state index is 13.6. The Morgan fingerprint density at radius 2 is 2.07 bits per heavy atom. The van der Waals surface area contributed by atoms with Crippen molar-refractivity contribution in [3.05, 3.63) is 64.7 Å². The van der Waals surface area contributed by atoms with Gasteiger partial charge in [-0.15, -0.1) is 10.2 Å². The molecule has 28 heavy (non-hydrogen) atoms. The van der Waals surface area contributed by atoms with Gasteiger partial charge in [0.2, 0.25) is 5.91 Å². The van der Waals surface area contributed by atoms with Crippen LogP contribution in [0.5, 0.6) is 5.75 Å². The molecule has 0 radical (unpaired) electrons. The first-order valence-corrected chi connectivity index (χ1v) is 9.75. The van der Waals surface area contributed by atoms with E-state index < -0.39 is 5.82 Å². The number of para-hydroxylation sites is 1. The summed E-state index contributed by atoms with van der Waals surface area (Å²) in [5, 5.41) is 12.0. The van der Waals surface area contributed by atoms with Crippen molar-refractivity contribution in [2.45, 2.75) is 18.7 Å². The van der Waals surface area contributed by atoms with Crippen LogP contribution in [0.25, 0.3) is 0 Å². The van der Waals surface area contributed by atoms with Gasteiger partial charge in [0.05, 0.1) is 11.4 Å². The van der Waals surface area contributed by atoms with Crippen LogP contribution in [0.15, 0.2) is 47.6 Å². The summed E-state index contributed by atoms with van der Waals surface area (Å²) >= 11 is 7.22. The molecule has 0 aliphatic heterocycles. The van der Waals surface area contributed by atoms with Gasteiger partial charge in [-0.25, -0.2) is 4.39 Å². The van der Waals surface area contributed by atoms with E-state index in [0.717, 1.165) is 5.56 Å². The topological polar surface area (TPSA) is 69.0 Å². The van der Waals surface area contributed by atoms with E-state index in [1.165, 1.54) is 23.9 Å². The van der Waals surface area contributed by atoms with Crippen LogP contribution < -0.4 is 10.1 Å². The molecule has 0 aliphatic rings. The highest BCUT2D eigenvalue weighted by molar-refractivity contribution is 7.99. The van der Waals surface area contributed by atoms with Crippen molar-refractivity contribution in [1.29, 1.82) is 0 Å². The van der Waals surface area contributed by atoms with Crippen molar-refractivity contribution in [1.82, 2.24) is 14.8 Å². The quantitative estimate of drug-likeness (QED) is 0.579. The molecule has 3 rings (SSSR count). The Morgan fingerprint density at radius 1 is 1.29 bits per heavy atom. The maximum Gasteiger partial charge on any atom is 0.234 e. The van der Waals surface area contributed by atoms with Gasteiger partial charge in [0.1, 0.15) is 18.2 Å². The summed E-state index contributed by atoms with van der Waals surface area (Å²) in [7, 11) is 1.79. The standard InChI is InChI=1S/C19H18ClFN4O2S/c1-12-9-13(7-8-14(12)20)27-10-17-23-24-19(25(17)2)28-11-18(26)22-16-6-4-3-5-15(16)21/h3-9H,10-11H2,1-2H3,(H,22,26). The monoisotopic (exact) mass is 420 g/mol. The van der Waals surface area contributed by atoms with E-state index in [1.54, 1.807) is 35.9 Å². The molecule has 9 heteroatoms. The van der Waals surface area contributed by atoms with Crippen molar-refractivity contribution < 1.29 is 13.9 Å². The molecule has 3 aromatic rings. The molecule has 6 nitrogen and oxygen atoms in total. The fourth-order valence-electron chi connectivity index (χ4n) is 2.33. The third-order valence-corrected chi connectivity index (χ3v) is 5.35. The number of benzene rings is 2. The third-order valence-electron chi connectivity index (χ3n) is 3.90. The lowest BCUT2D eigenvalue weighted by atomic mass is 10.2. The van der Waals surface area contributed by atoms with Crippen LogP contribution in [0.1, 0.15) is 11.4 Å². The van der Waals surface area contributed by atoms with E-state index in [4.69, 9.17) is 16.3 Å². The molecule has 1 amide bonds. The van der Waals surface area contributed by atoms with Gasteiger partial charge >= 0.3 is 0 Å². The summed E-state index contributed by atoms with van der Waals surface area (Å²) < 4.78 is 21.1. The van der Waals surface area contributed by atoms with E-state index in [-0.39, 0.29) is 24.0 Å². The van der Waals surface area contributed by atoms with E-state index in [2.05, 4.69) is 15.5 Å². The maximum absolute atomic E-state index is 13.6. The van der Waals surface area contributed by atoms with Gasteiger partial charge < -0.3 is 14.6 Å². The van der Waals surface area contributed by atoms with Gasteiger partial charge in [-0.1, -0.05) is 35.5 Å². The number of hydrogen-bond acceptors (Lipinski definition) is 5. The van der Waals surface area contributed by atoms with Crippen LogP contribution in [-0.2, 0) is 18.4 Å². The molecule has 0 spiro atoms. The highest BCUT2D eigenvalue weighted by Crippen LogP contribution is 2.22. The fraction of sp³-hybridized carbons (Fsp3) is 0.211. The number of hydrogen-bond donors (Lipinski definition) is 1. The second kappa shape index (κ2) is 9.07. The SMILES string of the molecule is Cc1cc(OCc2nnc(SCC(=O)Nc3ccccc3F)n2C)ccc1Cl. The molecular formula is C19H18ClFN4O2S. The van der Waals surface area contributed by atoms with Gasteiger partial charge in [0.25, 0.3) is 0 Å². The van der Waals surface area contributed by atoms with E-state index in [9.17, 15) is 9.18 Å². The molecule has 1 N–H and O–H groups in total. The van der Waals surface area contributed by atoms with Crippen molar-refractivity contribution in [2.75, 3.05) is 11.1 Å². The Bertz CT molecular complexity index is 996. The molecule has 0 bridgehead atoms. The number of thioether (sulfide) groups is 1. The minimum absolute atomic E-state index is 0.0809. The summed E-state index contributed by atoms with van der Waals surface area (Å²) in [6, 6.07) is 11.4. The third kappa shape index (κ3) is 5.02. The molecule has 146 valence electrons. The van der Waals surface area contributed by atoms with Crippen molar-refractivity contribution in [2.24, 2.45) is 7.05 Å². The molecule has 0 saturated carbocycles. The van der Waals surface area contributed by atoms with Crippen molar-refractivity contribution in [3.8, 4) is 5.75 Å². The van der Waals surface area contributed by atoms with Gasteiger partial charge in [-0.3, -0.25) is 4.79 Å². The second-order valence-electron chi connectivity index (χ2n) is 5.97. The first kappa shape index (κ1) is 20.2. The van der Waals surface area contributed by atoms with Gasteiger partial charge in [0.15, 0.2) is 11.0 Å². The van der Waals surface area contributed by atoms with E-state index in [0.29, 0.717) is 21.8 Å². The van der Waals surface area contributed by atoms with E-state index in [1.807, 2.05) is 13.0 Å². The van der Waals surface area contributed by atoms with Gasteiger partial charge in [-0.2, -0.15) is 0 Å². The molecule has 0 aliphatic carbocycles. The number of nitrogens with one attached hydrogen (secondary N) is 1. The largest absolute Gasteiger partial charge is 0.486 e. The van der Waals surface area contributed by atoms with Crippen LogP contribution in [0.3, 0.4) is 0 Å². The number of ether oxygens (including phenoxy) is 1. The number of carbonyl (C=O) groups is 1. The molecule has 1 aromatic heterocycles. The minimum Gasteiger partial charge on any atom is -0.486 e. The van der Waals surface area contributed by atoms with Gasteiger partial charge in [0, 0.05) is 12.1 Å². The van der Waals surface area contributed by atoms with Crippen LogP contribution >= 0.6 is 23.4 Å². The first-order valence-electron chi connectivity index (χ1n) is 8.38. The highest BCUT2D eigenvalue weighted by Gasteiger charge is 2.13. The molecule has 1 heterocycles. The van der Waals surface area contributed by atoms with Gasteiger partial charge in [-0.05, 0) is 42.8 Å². The number of amides is 1. The first-order chi connectivity index (χ1) is 13.4. The minimum atomic E-state index is -0.476. The van der Waals surface area contributed by atoms with Crippen molar-refractivity contribution >= 4 is 35.0 Å². The molecule has 0 fully saturated rings. The van der Waals surface area contributed by atoms with Crippen LogP contribution in [0, 0.1) is 12.7 Å². The Kier molecular flexibility index (Phi) is 6.53. The summed E-state index contributed by atoms with van der Waals surface area (Å²) in [4.78, 5) is 12.0. The highest BCUT2D eigenvalue weighted by atomic mass is 35.5. The summed E-state index contributed by atoms with van der Waals surface area (Å²) in [6.45, 7) is 2.13. The Balaban J connectivity index is 1.54. The van der Waals surface area contributed by atoms with E-state index >= 15 is 0 Å². The predicted octanol–water partition coefficient (Wildman–Crippen LogP) is 4.23. The summed E-state index contributed by atoms with van der Waals surface area (Å²) in [5.74, 6) is 0.578. The number of nitrogens with zero attached hydrogens (tertiary/aromatic N) is 3. The number of aryl methyl sites for hydroxylation is 1. The molecule has 0 saturated heterocycles. The molecule has 0 unspecified atom stereocenters. The smallest absolute Gasteiger partial charge is 0.234 e. The lowest BCUT2D eigenvalue weighted by Gasteiger charge is -2.08. The van der Waals surface area contributed by atoms with Crippen LogP contribution in [-0.4, -0.2) is 26.4 Å². The molecule has 2 aromatic carbocycles. The number of anilines is 1. The number of carbonyl (C=O) groups excluding carboxylic acids is 1. The van der Waals surface area contributed by atoms with Crippen LogP contribution in [0.2, 0.25) is 5.02 Å². The predicted molar refractivity (Wildman–Crippen MR) is 107 cm³/mol. The van der Waals surface area contributed by atoms with Crippen molar-refractivity contribution in [3.63, 3.8) is 0 Å². The molecule has 0 atom stereocenters. The number of aromatic nitrogens is 3. The zero-order chi connectivity index (χ0) is 20.1.